The second-order valence-electron chi connectivity index (χ2n) is 8.24. The number of hydrogen-bond donors (Lipinski definition) is 3. The number of rotatable bonds is 6. The van der Waals surface area contributed by atoms with Crippen molar-refractivity contribution in [2.24, 2.45) is 10.1 Å². The zero-order chi connectivity index (χ0) is 24.4. The highest BCUT2D eigenvalue weighted by atomic mass is 32.2. The van der Waals surface area contributed by atoms with E-state index in [2.05, 4.69) is 10.3 Å². The first-order valence-corrected chi connectivity index (χ1v) is 11.6. The molecule has 0 saturated heterocycles. The molecule has 0 bridgehead atoms. The van der Waals surface area contributed by atoms with Gasteiger partial charge in [0.05, 0.1) is 11.8 Å². The number of nitrogens with zero attached hydrogens (tertiary/aromatic N) is 3. The molecular formula is C24H24N4O5S. The molecule has 0 fully saturated rings. The van der Waals surface area contributed by atoms with Crippen molar-refractivity contribution in [2.45, 2.75) is 44.0 Å². The molecule has 2 aliphatic rings. The van der Waals surface area contributed by atoms with Gasteiger partial charge in [-0.1, -0.05) is 53.7 Å². The fourth-order valence-electron chi connectivity index (χ4n) is 3.70. The number of aryl methyl sites for hydroxylation is 1. The standard InChI is InChI=1S/C24H24N4O5S/c1-13-3-5-15(6-4-13)18-11-19(16-7-9-17(29)10-8-16)28(27-18)24-26-22(31)20(34-24)12-21(30)25-14(2)23(32)33/h3-10,14,19-20,29H,11-12H2,1-2H3,(H,25,30)(H,32,33)/t14-,19+,20-/m0/s1. The highest BCUT2D eigenvalue weighted by Gasteiger charge is 2.39. The van der Waals surface area contributed by atoms with Gasteiger partial charge in [-0.15, -0.1) is 0 Å². The van der Waals surface area contributed by atoms with Crippen LogP contribution in [-0.2, 0) is 14.4 Å². The number of phenolic OH excluding ortho intramolecular Hbond substituents is 1. The molecule has 0 aromatic heterocycles. The topological polar surface area (TPSA) is 132 Å². The molecule has 2 amide bonds. The van der Waals surface area contributed by atoms with E-state index in [1.165, 1.54) is 6.92 Å². The number of thioether (sulfide) groups is 1. The average molecular weight is 481 g/mol. The lowest BCUT2D eigenvalue weighted by Gasteiger charge is -2.23. The molecule has 4 rings (SSSR count). The van der Waals surface area contributed by atoms with Crippen molar-refractivity contribution >= 4 is 40.4 Å². The van der Waals surface area contributed by atoms with E-state index in [1.54, 1.807) is 29.3 Å². The molecule has 0 unspecified atom stereocenters. The maximum absolute atomic E-state index is 12.6. The Hall–Kier alpha value is -3.66. The summed E-state index contributed by atoms with van der Waals surface area (Å²) in [7, 11) is 0. The van der Waals surface area contributed by atoms with Crippen molar-refractivity contribution in [3.63, 3.8) is 0 Å². The first-order valence-electron chi connectivity index (χ1n) is 10.8. The summed E-state index contributed by atoms with van der Waals surface area (Å²) >= 11 is 1.14. The quantitative estimate of drug-likeness (QED) is 0.579. The van der Waals surface area contributed by atoms with Gasteiger partial charge in [-0.05, 0) is 37.1 Å². The molecule has 2 aliphatic heterocycles. The number of carboxylic acid groups (broad SMARTS) is 1. The van der Waals surface area contributed by atoms with E-state index in [9.17, 15) is 19.5 Å². The number of benzene rings is 2. The van der Waals surface area contributed by atoms with Gasteiger partial charge in [-0.25, -0.2) is 5.01 Å². The van der Waals surface area contributed by atoms with Crippen LogP contribution in [0.25, 0.3) is 0 Å². The molecule has 3 atom stereocenters. The zero-order valence-corrected chi connectivity index (χ0v) is 19.5. The SMILES string of the molecule is Cc1ccc(C2=NN(C3=NC(=O)[C@H](CC(=O)N[C@@H](C)C(=O)O)S3)[C@@H](c3ccc(O)cc3)C2)cc1. The maximum Gasteiger partial charge on any atom is 0.325 e. The number of aliphatic imine (C=N–C) groups is 1. The predicted octanol–water partition coefficient (Wildman–Crippen LogP) is 2.83. The molecule has 2 aromatic carbocycles. The normalized spacial score (nSPS) is 20.6. The second kappa shape index (κ2) is 9.68. The van der Waals surface area contributed by atoms with Crippen molar-refractivity contribution in [2.75, 3.05) is 0 Å². The fraction of sp³-hybridized carbons (Fsp3) is 0.292. The predicted molar refractivity (Wildman–Crippen MR) is 129 cm³/mol. The minimum Gasteiger partial charge on any atom is -0.508 e. The molecule has 2 heterocycles. The molecule has 176 valence electrons. The van der Waals surface area contributed by atoms with Crippen molar-refractivity contribution in [1.29, 1.82) is 0 Å². The number of hydrazone groups is 1. The van der Waals surface area contributed by atoms with Gasteiger partial charge >= 0.3 is 5.97 Å². The van der Waals surface area contributed by atoms with Crippen LogP contribution in [0.15, 0.2) is 58.6 Å². The summed E-state index contributed by atoms with van der Waals surface area (Å²) in [5, 5.41) is 27.1. The lowest BCUT2D eigenvalue weighted by molar-refractivity contribution is -0.141. The van der Waals surface area contributed by atoms with Crippen LogP contribution in [0.4, 0.5) is 0 Å². The minimum absolute atomic E-state index is 0.150. The summed E-state index contributed by atoms with van der Waals surface area (Å²) in [6, 6.07) is 13.5. The molecule has 10 heteroatoms. The Bertz CT molecular complexity index is 1180. The Kier molecular flexibility index (Phi) is 6.69. The Morgan fingerprint density at radius 3 is 2.50 bits per heavy atom. The van der Waals surface area contributed by atoms with Crippen molar-refractivity contribution in [3.8, 4) is 5.75 Å². The van der Waals surface area contributed by atoms with Gasteiger partial charge in [0.2, 0.25) is 5.91 Å². The Labute approximate surface area is 200 Å². The first-order chi connectivity index (χ1) is 16.2. The first kappa shape index (κ1) is 23.5. The van der Waals surface area contributed by atoms with Gasteiger partial charge < -0.3 is 15.5 Å². The number of carboxylic acids is 1. The summed E-state index contributed by atoms with van der Waals surface area (Å²) in [5.74, 6) is -1.99. The molecule has 3 N–H and O–H groups in total. The van der Waals surface area contributed by atoms with Gasteiger partial charge in [0, 0.05) is 12.8 Å². The fourth-order valence-corrected chi connectivity index (χ4v) is 4.76. The number of hydrogen-bond acceptors (Lipinski definition) is 7. The van der Waals surface area contributed by atoms with Gasteiger partial charge in [0.25, 0.3) is 5.91 Å². The number of nitrogens with one attached hydrogen (secondary N) is 1. The molecule has 34 heavy (non-hydrogen) atoms. The van der Waals surface area contributed by atoms with E-state index in [4.69, 9.17) is 10.2 Å². The second-order valence-corrected chi connectivity index (χ2v) is 9.41. The number of phenols is 1. The number of aromatic hydroxyl groups is 1. The van der Waals surface area contributed by atoms with Gasteiger partial charge in [0.15, 0.2) is 5.17 Å². The summed E-state index contributed by atoms with van der Waals surface area (Å²) in [6.07, 6.45) is 0.392. The van der Waals surface area contributed by atoms with Gasteiger partial charge in [0.1, 0.15) is 17.0 Å². The number of aliphatic carboxylic acids is 1. The third kappa shape index (κ3) is 5.12. The number of carbonyl (C=O) groups excluding carboxylic acids is 2. The largest absolute Gasteiger partial charge is 0.508 e. The third-order valence-corrected chi connectivity index (χ3v) is 6.76. The average Bonchev–Trinajstić information content (AvgIpc) is 3.39. The lowest BCUT2D eigenvalue weighted by Crippen LogP contribution is -2.39. The summed E-state index contributed by atoms with van der Waals surface area (Å²) in [6.45, 7) is 3.37. The summed E-state index contributed by atoms with van der Waals surface area (Å²) in [5.41, 5.74) is 3.83. The van der Waals surface area contributed by atoms with E-state index < -0.39 is 29.1 Å². The summed E-state index contributed by atoms with van der Waals surface area (Å²) in [4.78, 5) is 39.9. The molecule has 9 nitrogen and oxygen atoms in total. The molecule has 0 radical (unpaired) electrons. The van der Waals surface area contributed by atoms with Crippen LogP contribution < -0.4 is 5.32 Å². The van der Waals surface area contributed by atoms with Gasteiger partial charge in [-0.3, -0.25) is 14.4 Å². The molecule has 0 spiro atoms. The molecule has 2 aromatic rings. The van der Waals surface area contributed by atoms with Crippen molar-refractivity contribution in [3.05, 3.63) is 65.2 Å². The molecule has 0 saturated carbocycles. The number of carbonyl (C=O) groups is 3. The Morgan fingerprint density at radius 1 is 1.18 bits per heavy atom. The molecular weight excluding hydrogens is 456 g/mol. The van der Waals surface area contributed by atoms with Crippen LogP contribution in [0.2, 0.25) is 0 Å². The monoisotopic (exact) mass is 480 g/mol. The van der Waals surface area contributed by atoms with Crippen LogP contribution in [0.1, 0.15) is 42.5 Å². The highest BCUT2D eigenvalue weighted by molar-refractivity contribution is 8.15. The molecule has 0 aliphatic carbocycles. The maximum atomic E-state index is 12.6. The minimum atomic E-state index is -1.15. The van der Waals surface area contributed by atoms with Crippen molar-refractivity contribution in [1.82, 2.24) is 10.3 Å². The smallest absolute Gasteiger partial charge is 0.325 e. The van der Waals surface area contributed by atoms with Gasteiger partial charge in [-0.2, -0.15) is 10.1 Å². The van der Waals surface area contributed by atoms with E-state index in [0.29, 0.717) is 11.6 Å². The van der Waals surface area contributed by atoms with Crippen LogP contribution in [0.3, 0.4) is 0 Å². The van der Waals surface area contributed by atoms with Crippen LogP contribution in [-0.4, -0.2) is 55.2 Å². The van der Waals surface area contributed by atoms with Crippen molar-refractivity contribution < 1.29 is 24.6 Å². The Balaban J connectivity index is 1.56. The zero-order valence-electron chi connectivity index (χ0n) is 18.6. The number of amides is 2. The van der Waals surface area contributed by atoms with E-state index >= 15 is 0 Å². The third-order valence-electron chi connectivity index (χ3n) is 5.62. The van der Waals surface area contributed by atoms with Crippen LogP contribution in [0.5, 0.6) is 5.75 Å². The van der Waals surface area contributed by atoms with Crippen LogP contribution in [0, 0.1) is 6.92 Å². The van der Waals surface area contributed by atoms with Crippen LogP contribution >= 0.6 is 11.8 Å². The summed E-state index contributed by atoms with van der Waals surface area (Å²) < 4.78 is 0. The van der Waals surface area contributed by atoms with E-state index in [1.807, 2.05) is 31.2 Å². The van der Waals surface area contributed by atoms with E-state index in [-0.39, 0.29) is 18.2 Å². The lowest BCUT2D eigenvalue weighted by atomic mass is 9.98. The number of amidine groups is 1. The Morgan fingerprint density at radius 2 is 1.85 bits per heavy atom. The highest BCUT2D eigenvalue weighted by Crippen LogP contribution is 2.38. The van der Waals surface area contributed by atoms with E-state index in [0.717, 1.165) is 34.2 Å².